The van der Waals surface area contributed by atoms with E-state index in [0.717, 1.165) is 30.0 Å². The molecule has 4 rings (SSSR count). The number of benzene rings is 1. The fraction of sp³-hybridized carbons (Fsp3) is 0.353. The highest BCUT2D eigenvalue weighted by Gasteiger charge is 2.28. The quantitative estimate of drug-likeness (QED) is 0.752. The van der Waals surface area contributed by atoms with Gasteiger partial charge in [0.2, 0.25) is 0 Å². The van der Waals surface area contributed by atoms with E-state index in [1.807, 2.05) is 18.3 Å². The van der Waals surface area contributed by atoms with Crippen molar-refractivity contribution in [2.24, 2.45) is 5.92 Å². The first-order chi connectivity index (χ1) is 11.3. The lowest BCUT2D eigenvalue weighted by molar-refractivity contribution is -0.146. The summed E-state index contributed by atoms with van der Waals surface area (Å²) < 4.78 is 6.96. The Morgan fingerprint density at radius 1 is 1.39 bits per heavy atom. The van der Waals surface area contributed by atoms with Crippen LogP contribution >= 0.6 is 0 Å². The van der Waals surface area contributed by atoms with E-state index >= 15 is 0 Å². The number of esters is 1. The number of fused-ring (bicyclic) bond motifs is 2. The van der Waals surface area contributed by atoms with Crippen LogP contribution in [-0.2, 0) is 28.9 Å². The Hall–Kier alpha value is -2.63. The van der Waals surface area contributed by atoms with E-state index in [4.69, 9.17) is 4.74 Å². The fourth-order valence-corrected chi connectivity index (χ4v) is 3.32. The zero-order valence-corrected chi connectivity index (χ0v) is 13.0. The number of H-pyrrole nitrogens is 1. The zero-order chi connectivity index (χ0) is 15.8. The SMILES string of the molecule is COC(=O)C1CCc2nnc(Cc3c[nH]c4ccccc34)n2C1. The van der Waals surface area contributed by atoms with Crippen molar-refractivity contribution >= 4 is 16.9 Å². The normalized spacial score (nSPS) is 17.2. The van der Waals surface area contributed by atoms with Crippen LogP contribution < -0.4 is 0 Å². The molecule has 0 bridgehead atoms. The van der Waals surface area contributed by atoms with Gasteiger partial charge in [0.25, 0.3) is 0 Å². The number of rotatable bonds is 3. The first kappa shape index (κ1) is 14.0. The minimum absolute atomic E-state index is 0.106. The molecule has 0 saturated carbocycles. The molecular weight excluding hydrogens is 292 g/mol. The molecule has 0 aliphatic carbocycles. The lowest BCUT2D eigenvalue weighted by Crippen LogP contribution is -2.28. The zero-order valence-electron chi connectivity index (χ0n) is 13.0. The Balaban J connectivity index is 1.64. The molecule has 0 fully saturated rings. The third-order valence-corrected chi connectivity index (χ3v) is 4.58. The van der Waals surface area contributed by atoms with Gasteiger partial charge in [0.1, 0.15) is 11.6 Å². The molecule has 0 amide bonds. The summed E-state index contributed by atoms with van der Waals surface area (Å²) in [6.07, 6.45) is 4.26. The van der Waals surface area contributed by atoms with Crippen molar-refractivity contribution in [3.05, 3.63) is 47.7 Å². The van der Waals surface area contributed by atoms with Gasteiger partial charge < -0.3 is 14.3 Å². The number of aromatic amines is 1. The summed E-state index contributed by atoms with van der Waals surface area (Å²) in [5.41, 5.74) is 2.31. The van der Waals surface area contributed by atoms with Crippen molar-refractivity contribution in [1.29, 1.82) is 0 Å². The van der Waals surface area contributed by atoms with Gasteiger partial charge in [0.15, 0.2) is 0 Å². The smallest absolute Gasteiger partial charge is 0.310 e. The van der Waals surface area contributed by atoms with Crippen LogP contribution in [0.4, 0.5) is 0 Å². The van der Waals surface area contributed by atoms with Crippen molar-refractivity contribution in [2.75, 3.05) is 7.11 Å². The predicted molar refractivity (Wildman–Crippen MR) is 85.0 cm³/mol. The summed E-state index contributed by atoms with van der Waals surface area (Å²) in [6.45, 7) is 0.604. The van der Waals surface area contributed by atoms with Gasteiger partial charge in [-0.15, -0.1) is 10.2 Å². The largest absolute Gasteiger partial charge is 0.469 e. The molecule has 1 aromatic carbocycles. The van der Waals surface area contributed by atoms with Gasteiger partial charge in [0.05, 0.1) is 13.0 Å². The molecule has 1 unspecified atom stereocenters. The molecule has 1 aliphatic heterocycles. The second-order valence-corrected chi connectivity index (χ2v) is 5.94. The van der Waals surface area contributed by atoms with E-state index in [2.05, 4.69) is 31.9 Å². The number of aryl methyl sites for hydroxylation is 1. The molecule has 3 heterocycles. The Labute approximate surface area is 133 Å². The fourth-order valence-electron chi connectivity index (χ4n) is 3.32. The summed E-state index contributed by atoms with van der Waals surface area (Å²) in [6, 6.07) is 8.21. The van der Waals surface area contributed by atoms with Gasteiger partial charge in [0, 0.05) is 36.5 Å². The third kappa shape index (κ3) is 2.40. The molecule has 3 aromatic rings. The number of nitrogens with zero attached hydrogens (tertiary/aromatic N) is 3. The number of aromatic nitrogens is 4. The second-order valence-electron chi connectivity index (χ2n) is 5.94. The molecule has 1 N–H and O–H groups in total. The molecule has 0 saturated heterocycles. The maximum absolute atomic E-state index is 11.8. The van der Waals surface area contributed by atoms with E-state index < -0.39 is 0 Å². The highest BCUT2D eigenvalue weighted by molar-refractivity contribution is 5.83. The average molecular weight is 310 g/mol. The minimum atomic E-state index is -0.151. The minimum Gasteiger partial charge on any atom is -0.469 e. The third-order valence-electron chi connectivity index (χ3n) is 4.58. The molecule has 0 spiro atoms. The van der Waals surface area contributed by atoms with Crippen LogP contribution in [0.25, 0.3) is 10.9 Å². The Bertz CT molecular complexity index is 864. The predicted octanol–water partition coefficient (Wildman–Crippen LogP) is 2.09. The Kier molecular flexibility index (Phi) is 3.37. The van der Waals surface area contributed by atoms with Crippen LogP contribution in [0.15, 0.2) is 30.5 Å². The number of carbonyl (C=O) groups is 1. The van der Waals surface area contributed by atoms with Crippen LogP contribution in [0.1, 0.15) is 23.6 Å². The standard InChI is InChI=1S/C17H18N4O2/c1-23-17(22)11-6-7-15-19-20-16(21(15)10-11)8-12-9-18-14-5-3-2-4-13(12)14/h2-5,9,11,18H,6-8,10H2,1H3. The van der Waals surface area contributed by atoms with Crippen molar-refractivity contribution < 1.29 is 9.53 Å². The highest BCUT2D eigenvalue weighted by atomic mass is 16.5. The summed E-state index contributed by atoms with van der Waals surface area (Å²) in [5, 5.41) is 9.83. The molecule has 2 aromatic heterocycles. The number of carbonyl (C=O) groups excluding carboxylic acids is 1. The molecule has 23 heavy (non-hydrogen) atoms. The molecule has 118 valence electrons. The number of nitrogens with one attached hydrogen (secondary N) is 1. The Morgan fingerprint density at radius 2 is 2.26 bits per heavy atom. The van der Waals surface area contributed by atoms with E-state index in [9.17, 15) is 4.79 Å². The maximum atomic E-state index is 11.8. The van der Waals surface area contributed by atoms with Crippen LogP contribution in [0.2, 0.25) is 0 Å². The van der Waals surface area contributed by atoms with Crippen molar-refractivity contribution in [3.8, 4) is 0 Å². The number of hydrogen-bond donors (Lipinski definition) is 1. The van der Waals surface area contributed by atoms with Crippen LogP contribution in [0.5, 0.6) is 0 Å². The van der Waals surface area contributed by atoms with Crippen LogP contribution in [0, 0.1) is 5.92 Å². The molecular formula is C17H18N4O2. The number of ether oxygens (including phenoxy) is 1. The molecule has 1 aliphatic rings. The van der Waals surface area contributed by atoms with Crippen LogP contribution in [-0.4, -0.2) is 32.8 Å². The van der Waals surface area contributed by atoms with Gasteiger partial charge in [-0.2, -0.15) is 0 Å². The summed E-state index contributed by atoms with van der Waals surface area (Å²) in [7, 11) is 1.44. The molecule has 1 atom stereocenters. The van der Waals surface area contributed by atoms with Crippen molar-refractivity contribution in [1.82, 2.24) is 19.7 Å². The first-order valence-electron chi connectivity index (χ1n) is 7.80. The van der Waals surface area contributed by atoms with Crippen LogP contribution in [0.3, 0.4) is 0 Å². The van der Waals surface area contributed by atoms with Crippen molar-refractivity contribution in [2.45, 2.75) is 25.8 Å². The number of hydrogen-bond acceptors (Lipinski definition) is 4. The van der Waals surface area contributed by atoms with Gasteiger partial charge in [-0.25, -0.2) is 0 Å². The molecule has 0 radical (unpaired) electrons. The monoisotopic (exact) mass is 310 g/mol. The first-order valence-corrected chi connectivity index (χ1v) is 7.80. The van der Waals surface area contributed by atoms with Gasteiger partial charge in [-0.3, -0.25) is 4.79 Å². The Morgan fingerprint density at radius 3 is 3.13 bits per heavy atom. The topological polar surface area (TPSA) is 72.8 Å². The highest BCUT2D eigenvalue weighted by Crippen LogP contribution is 2.24. The van der Waals surface area contributed by atoms with E-state index in [1.165, 1.54) is 18.1 Å². The van der Waals surface area contributed by atoms with Crippen molar-refractivity contribution in [3.63, 3.8) is 0 Å². The van der Waals surface area contributed by atoms with Gasteiger partial charge in [-0.1, -0.05) is 18.2 Å². The summed E-state index contributed by atoms with van der Waals surface area (Å²) >= 11 is 0. The van der Waals surface area contributed by atoms with E-state index in [-0.39, 0.29) is 11.9 Å². The molecule has 6 nitrogen and oxygen atoms in total. The van der Waals surface area contributed by atoms with Gasteiger partial charge in [-0.05, 0) is 18.1 Å². The lowest BCUT2D eigenvalue weighted by atomic mass is 9.99. The number of methoxy groups -OCH3 is 1. The number of para-hydroxylation sites is 1. The van der Waals surface area contributed by atoms with E-state index in [0.29, 0.717) is 13.0 Å². The maximum Gasteiger partial charge on any atom is 0.310 e. The summed E-state index contributed by atoms with van der Waals surface area (Å²) in [4.78, 5) is 15.1. The molecule has 6 heteroatoms. The summed E-state index contributed by atoms with van der Waals surface area (Å²) in [5.74, 6) is 1.60. The van der Waals surface area contributed by atoms with E-state index in [1.54, 1.807) is 0 Å². The average Bonchev–Trinajstić information content (AvgIpc) is 3.19. The second kappa shape index (κ2) is 5.53. The lowest BCUT2D eigenvalue weighted by Gasteiger charge is -2.22. The van der Waals surface area contributed by atoms with Gasteiger partial charge >= 0.3 is 5.97 Å².